The Bertz CT molecular complexity index is 67.3. The second kappa shape index (κ2) is 2.02. The molecule has 1 unspecified atom stereocenters. The molecule has 0 radical (unpaired) electrons. The number of aldehydes is 1. The molecule has 7 heavy (non-hydrogen) atoms. The van der Waals surface area contributed by atoms with Crippen LogP contribution in [0.1, 0.15) is 6.92 Å². The first-order chi connectivity index (χ1) is 3.12. The number of carbonyl (C=O) groups is 1. The molecule has 0 bridgehead atoms. The molecule has 4 heteroatoms. The van der Waals surface area contributed by atoms with Gasteiger partial charge >= 0.3 is 0 Å². The van der Waals surface area contributed by atoms with Crippen LogP contribution in [0.4, 0.5) is 0 Å². The van der Waals surface area contributed by atoms with Gasteiger partial charge in [0.25, 0.3) is 5.79 Å². The van der Waals surface area contributed by atoms with Gasteiger partial charge in [-0.2, -0.15) is 4.89 Å². The number of aliphatic hydroxyl groups is 1. The highest BCUT2D eigenvalue weighted by Gasteiger charge is 2.18. The topological polar surface area (TPSA) is 66.8 Å². The van der Waals surface area contributed by atoms with E-state index in [1.54, 1.807) is 0 Å². The maximum Gasteiger partial charge on any atom is 0.252 e. The Morgan fingerprint density at radius 1 is 1.86 bits per heavy atom. The Kier molecular flexibility index (Phi) is 1.89. The molecule has 0 heterocycles. The van der Waals surface area contributed by atoms with Gasteiger partial charge in [-0.05, 0) is 6.92 Å². The minimum Gasteiger partial charge on any atom is -0.358 e. The minimum absolute atomic E-state index is 0.0764. The van der Waals surface area contributed by atoms with Gasteiger partial charge in [-0.3, -0.25) is 4.79 Å². The van der Waals surface area contributed by atoms with E-state index in [0.717, 1.165) is 6.92 Å². The van der Waals surface area contributed by atoms with Crippen molar-refractivity contribution in [2.45, 2.75) is 12.7 Å². The predicted octanol–water partition coefficient (Wildman–Crippen LogP) is -0.617. The molecule has 0 aromatic rings. The van der Waals surface area contributed by atoms with Gasteiger partial charge in [0, 0.05) is 0 Å². The average Bonchev–Trinajstić information content (AvgIpc) is 1.68. The molecule has 0 amide bonds. The lowest BCUT2D eigenvalue weighted by atomic mass is 10.4. The zero-order chi connectivity index (χ0) is 5.91. The van der Waals surface area contributed by atoms with Crippen LogP contribution in [0.3, 0.4) is 0 Å². The lowest BCUT2D eigenvalue weighted by Crippen LogP contribution is -2.27. The SMILES string of the molecule is CC(O)(C=O)OO. The molecule has 2 N–H and O–H groups in total. The first-order valence-corrected chi connectivity index (χ1v) is 1.63. The van der Waals surface area contributed by atoms with Gasteiger partial charge in [-0.25, -0.2) is 5.26 Å². The van der Waals surface area contributed by atoms with Gasteiger partial charge in [0.15, 0.2) is 6.29 Å². The van der Waals surface area contributed by atoms with E-state index in [9.17, 15) is 4.79 Å². The van der Waals surface area contributed by atoms with E-state index in [0.29, 0.717) is 0 Å². The monoisotopic (exact) mass is 106 g/mol. The van der Waals surface area contributed by atoms with E-state index in [1.165, 1.54) is 0 Å². The van der Waals surface area contributed by atoms with E-state index in [-0.39, 0.29) is 6.29 Å². The Hall–Kier alpha value is -0.450. The van der Waals surface area contributed by atoms with Crippen LogP contribution in [0.5, 0.6) is 0 Å². The number of hydrogen-bond donors (Lipinski definition) is 2. The number of carbonyl (C=O) groups excluding carboxylic acids is 1. The van der Waals surface area contributed by atoms with Crippen molar-refractivity contribution in [3.05, 3.63) is 0 Å². The van der Waals surface area contributed by atoms with Crippen molar-refractivity contribution in [1.82, 2.24) is 0 Å². The molecule has 42 valence electrons. The molecule has 0 saturated heterocycles. The first kappa shape index (κ1) is 6.55. The molecule has 0 saturated carbocycles. The summed E-state index contributed by atoms with van der Waals surface area (Å²) in [6.45, 7) is 1.01. The Morgan fingerprint density at radius 3 is 2.29 bits per heavy atom. The van der Waals surface area contributed by atoms with Crippen LogP contribution in [0.15, 0.2) is 0 Å². The number of rotatable bonds is 2. The second-order valence-corrected chi connectivity index (χ2v) is 1.26. The summed E-state index contributed by atoms with van der Waals surface area (Å²) in [4.78, 5) is 12.8. The molecule has 0 aliphatic heterocycles. The lowest BCUT2D eigenvalue weighted by Gasteiger charge is -2.07. The Labute approximate surface area is 40.3 Å². The first-order valence-electron chi connectivity index (χ1n) is 1.63. The molecule has 0 spiro atoms. The van der Waals surface area contributed by atoms with Crippen molar-refractivity contribution in [3.8, 4) is 0 Å². The molecule has 0 aromatic carbocycles. The summed E-state index contributed by atoms with van der Waals surface area (Å²) in [6.07, 6.45) is 0.0764. The molecule has 0 aliphatic rings. The largest absolute Gasteiger partial charge is 0.358 e. The summed E-state index contributed by atoms with van der Waals surface area (Å²) < 4.78 is 0. The summed E-state index contributed by atoms with van der Waals surface area (Å²) in [5, 5.41) is 15.9. The van der Waals surface area contributed by atoms with Gasteiger partial charge in [0.05, 0.1) is 0 Å². The molecule has 4 nitrogen and oxygen atoms in total. The molecular formula is C3H6O4. The summed E-state index contributed by atoms with van der Waals surface area (Å²) in [5.74, 6) is -2.04. The Morgan fingerprint density at radius 2 is 2.29 bits per heavy atom. The third-order valence-electron chi connectivity index (χ3n) is 0.403. The van der Waals surface area contributed by atoms with Crippen LogP contribution in [-0.4, -0.2) is 22.4 Å². The van der Waals surface area contributed by atoms with Crippen molar-refractivity contribution in [2.24, 2.45) is 0 Å². The second-order valence-electron chi connectivity index (χ2n) is 1.26. The summed E-state index contributed by atoms with van der Waals surface area (Å²) >= 11 is 0. The van der Waals surface area contributed by atoms with Crippen molar-refractivity contribution in [3.63, 3.8) is 0 Å². The maximum absolute atomic E-state index is 9.52. The zero-order valence-electron chi connectivity index (χ0n) is 3.79. The third-order valence-corrected chi connectivity index (χ3v) is 0.403. The number of hydrogen-bond acceptors (Lipinski definition) is 4. The van der Waals surface area contributed by atoms with Crippen LogP contribution in [0.2, 0.25) is 0 Å². The normalized spacial score (nSPS) is 18.1. The van der Waals surface area contributed by atoms with Crippen LogP contribution >= 0.6 is 0 Å². The Balaban J connectivity index is 3.58. The molecule has 0 rings (SSSR count). The van der Waals surface area contributed by atoms with Crippen molar-refractivity contribution in [1.29, 1.82) is 0 Å². The quantitative estimate of drug-likeness (QED) is 0.213. The van der Waals surface area contributed by atoms with Gasteiger partial charge in [-0.15, -0.1) is 0 Å². The summed E-state index contributed by atoms with van der Waals surface area (Å²) in [6, 6.07) is 0. The zero-order valence-corrected chi connectivity index (χ0v) is 3.79. The van der Waals surface area contributed by atoms with Gasteiger partial charge in [0.1, 0.15) is 0 Å². The average molecular weight is 106 g/mol. The highest BCUT2D eigenvalue weighted by Crippen LogP contribution is 1.95. The van der Waals surface area contributed by atoms with E-state index in [1.807, 2.05) is 0 Å². The van der Waals surface area contributed by atoms with Gasteiger partial charge < -0.3 is 5.11 Å². The summed E-state index contributed by atoms with van der Waals surface area (Å²) in [7, 11) is 0. The third kappa shape index (κ3) is 2.27. The minimum atomic E-state index is -2.04. The highest BCUT2D eigenvalue weighted by atomic mass is 17.1. The van der Waals surface area contributed by atoms with Gasteiger partial charge in [-0.1, -0.05) is 0 Å². The van der Waals surface area contributed by atoms with Crippen LogP contribution in [-0.2, 0) is 9.68 Å². The molecule has 1 atom stereocenters. The van der Waals surface area contributed by atoms with Gasteiger partial charge in [0.2, 0.25) is 0 Å². The van der Waals surface area contributed by atoms with E-state index in [4.69, 9.17) is 10.4 Å². The molecule has 0 aliphatic carbocycles. The predicted molar refractivity (Wildman–Crippen MR) is 20.4 cm³/mol. The lowest BCUT2D eigenvalue weighted by molar-refractivity contribution is -0.362. The van der Waals surface area contributed by atoms with Crippen LogP contribution in [0, 0.1) is 0 Å². The van der Waals surface area contributed by atoms with E-state index >= 15 is 0 Å². The van der Waals surface area contributed by atoms with Crippen molar-refractivity contribution >= 4 is 6.29 Å². The highest BCUT2D eigenvalue weighted by molar-refractivity contribution is 5.58. The fraction of sp³-hybridized carbons (Fsp3) is 0.667. The summed E-state index contributed by atoms with van der Waals surface area (Å²) in [5.41, 5.74) is 0. The van der Waals surface area contributed by atoms with E-state index < -0.39 is 5.79 Å². The molecule has 0 fully saturated rings. The smallest absolute Gasteiger partial charge is 0.252 e. The molecular weight excluding hydrogens is 100 g/mol. The van der Waals surface area contributed by atoms with Crippen LogP contribution in [0.25, 0.3) is 0 Å². The maximum atomic E-state index is 9.52. The van der Waals surface area contributed by atoms with Crippen LogP contribution < -0.4 is 0 Å². The fourth-order valence-corrected chi connectivity index (χ4v) is 0.0215. The van der Waals surface area contributed by atoms with E-state index in [2.05, 4.69) is 4.89 Å². The van der Waals surface area contributed by atoms with Crippen molar-refractivity contribution < 1.29 is 20.0 Å². The fourth-order valence-electron chi connectivity index (χ4n) is 0.0215. The van der Waals surface area contributed by atoms with Crippen molar-refractivity contribution in [2.75, 3.05) is 0 Å². The standard InChI is InChI=1S/C3H6O4/c1-3(5,2-4)7-6/h2,5-6H,1H3. The molecule has 0 aromatic heterocycles.